The van der Waals surface area contributed by atoms with Gasteiger partial charge in [-0.3, -0.25) is 4.31 Å². The number of nitrogen functional groups attached to an aromatic ring is 1. The molecule has 0 radical (unpaired) electrons. The van der Waals surface area contributed by atoms with Crippen molar-refractivity contribution < 1.29 is 13.2 Å². The predicted molar refractivity (Wildman–Crippen MR) is 84.2 cm³/mol. The molecule has 21 heavy (non-hydrogen) atoms. The Bertz CT molecular complexity index is 743. The van der Waals surface area contributed by atoms with E-state index in [4.69, 9.17) is 10.5 Å². The third-order valence-corrected chi connectivity index (χ3v) is 5.12. The Kier molecular flexibility index (Phi) is 4.09. The molecular weight excluding hydrogens is 288 g/mol. The van der Waals surface area contributed by atoms with Gasteiger partial charge in [0.2, 0.25) is 0 Å². The van der Waals surface area contributed by atoms with Gasteiger partial charge in [-0.1, -0.05) is 18.2 Å². The quantitative estimate of drug-likeness (QED) is 0.880. The molecule has 0 spiro atoms. The van der Waals surface area contributed by atoms with Gasteiger partial charge >= 0.3 is 0 Å². The number of nitrogens with zero attached hydrogens (tertiary/aromatic N) is 1. The zero-order valence-electron chi connectivity index (χ0n) is 12.2. The third-order valence-electron chi connectivity index (χ3n) is 3.31. The minimum atomic E-state index is -3.75. The second-order valence-corrected chi connectivity index (χ2v) is 6.61. The molecule has 0 saturated carbocycles. The van der Waals surface area contributed by atoms with Gasteiger partial charge in [0.15, 0.2) is 0 Å². The number of nitrogens with two attached hydrogens (primary N) is 1. The van der Waals surface area contributed by atoms with E-state index >= 15 is 0 Å². The van der Waals surface area contributed by atoms with Gasteiger partial charge in [0.25, 0.3) is 10.0 Å². The first-order valence-electron chi connectivity index (χ1n) is 6.36. The minimum Gasteiger partial charge on any atom is -0.495 e. The number of ether oxygens (including phenoxy) is 1. The van der Waals surface area contributed by atoms with Crippen LogP contribution in [0.1, 0.15) is 5.56 Å². The van der Waals surface area contributed by atoms with Gasteiger partial charge in [-0.05, 0) is 36.8 Å². The first kappa shape index (κ1) is 15.2. The fraction of sp³-hybridized carbons (Fsp3) is 0.200. The summed E-state index contributed by atoms with van der Waals surface area (Å²) in [6.45, 7) is 1.80. The predicted octanol–water partition coefficient (Wildman–Crippen LogP) is 2.41. The van der Waals surface area contributed by atoms with E-state index in [9.17, 15) is 8.42 Å². The third kappa shape index (κ3) is 2.80. The molecule has 6 heteroatoms. The average Bonchev–Trinajstić information content (AvgIpc) is 2.49. The molecule has 112 valence electrons. The highest BCUT2D eigenvalue weighted by Gasteiger charge is 2.26. The lowest BCUT2D eigenvalue weighted by atomic mass is 10.2. The van der Waals surface area contributed by atoms with Crippen molar-refractivity contribution in [3.05, 3.63) is 48.0 Å². The van der Waals surface area contributed by atoms with Gasteiger partial charge in [0, 0.05) is 12.7 Å². The number of aryl methyl sites for hydroxylation is 1. The van der Waals surface area contributed by atoms with Crippen molar-refractivity contribution in [2.24, 2.45) is 0 Å². The van der Waals surface area contributed by atoms with Crippen LogP contribution in [0.25, 0.3) is 0 Å². The van der Waals surface area contributed by atoms with Gasteiger partial charge < -0.3 is 10.5 Å². The molecule has 0 atom stereocenters. The van der Waals surface area contributed by atoms with Crippen molar-refractivity contribution >= 4 is 21.4 Å². The maximum absolute atomic E-state index is 12.8. The standard InChI is InChI=1S/C15H18N2O3S/c1-11-9-14(20-3)15(10-13(11)16)21(18,19)17(2)12-7-5-4-6-8-12/h4-10H,16H2,1-3H3. The zero-order chi connectivity index (χ0) is 15.6. The normalized spacial score (nSPS) is 11.2. The van der Waals surface area contributed by atoms with Crippen molar-refractivity contribution in [2.75, 3.05) is 24.2 Å². The van der Waals surface area contributed by atoms with Crippen molar-refractivity contribution in [3.63, 3.8) is 0 Å². The largest absolute Gasteiger partial charge is 0.495 e. The van der Waals surface area contributed by atoms with Gasteiger partial charge in [0.05, 0.1) is 12.8 Å². The van der Waals surface area contributed by atoms with Gasteiger partial charge in [0.1, 0.15) is 10.6 Å². The lowest BCUT2D eigenvalue weighted by Gasteiger charge is -2.21. The van der Waals surface area contributed by atoms with E-state index in [1.165, 1.54) is 24.5 Å². The summed E-state index contributed by atoms with van der Waals surface area (Å²) in [7, 11) is -0.809. The zero-order valence-corrected chi connectivity index (χ0v) is 13.0. The lowest BCUT2D eigenvalue weighted by molar-refractivity contribution is 0.402. The summed E-state index contributed by atoms with van der Waals surface area (Å²) in [6, 6.07) is 11.9. The van der Waals surface area contributed by atoms with E-state index in [-0.39, 0.29) is 10.6 Å². The molecule has 0 aliphatic heterocycles. The molecule has 2 aromatic carbocycles. The monoisotopic (exact) mass is 306 g/mol. The van der Waals surface area contributed by atoms with Crippen LogP contribution in [-0.4, -0.2) is 22.6 Å². The van der Waals surface area contributed by atoms with Gasteiger partial charge in [-0.25, -0.2) is 8.42 Å². The Morgan fingerprint density at radius 1 is 1.14 bits per heavy atom. The van der Waals surface area contributed by atoms with Crippen LogP contribution >= 0.6 is 0 Å². The molecule has 0 amide bonds. The smallest absolute Gasteiger partial charge is 0.267 e. The van der Waals surface area contributed by atoms with Crippen LogP contribution in [0.3, 0.4) is 0 Å². The summed E-state index contributed by atoms with van der Waals surface area (Å²) in [6.07, 6.45) is 0. The number of para-hydroxylation sites is 1. The maximum atomic E-state index is 12.8. The molecule has 0 heterocycles. The molecule has 2 rings (SSSR count). The van der Waals surface area contributed by atoms with Crippen LogP contribution in [0.15, 0.2) is 47.4 Å². The van der Waals surface area contributed by atoms with Crippen LogP contribution in [0.4, 0.5) is 11.4 Å². The molecule has 5 nitrogen and oxygen atoms in total. The molecule has 0 fully saturated rings. The van der Waals surface area contributed by atoms with E-state index in [0.29, 0.717) is 11.4 Å². The molecule has 0 saturated heterocycles. The Morgan fingerprint density at radius 3 is 2.33 bits per heavy atom. The number of methoxy groups -OCH3 is 1. The maximum Gasteiger partial charge on any atom is 0.267 e. The van der Waals surface area contributed by atoms with E-state index in [2.05, 4.69) is 0 Å². The lowest BCUT2D eigenvalue weighted by Crippen LogP contribution is -2.27. The van der Waals surface area contributed by atoms with Gasteiger partial charge in [-0.15, -0.1) is 0 Å². The molecule has 0 aliphatic rings. The summed E-state index contributed by atoms with van der Waals surface area (Å²) in [5.41, 5.74) is 7.59. The Morgan fingerprint density at radius 2 is 1.76 bits per heavy atom. The highest BCUT2D eigenvalue weighted by Crippen LogP contribution is 2.32. The van der Waals surface area contributed by atoms with E-state index in [1.807, 2.05) is 6.07 Å². The van der Waals surface area contributed by atoms with Crippen LogP contribution in [0, 0.1) is 6.92 Å². The Hall–Kier alpha value is -2.21. The number of sulfonamides is 1. The number of anilines is 2. The SMILES string of the molecule is COc1cc(C)c(N)cc1S(=O)(=O)N(C)c1ccccc1. The van der Waals surface area contributed by atoms with Crippen LogP contribution in [0.2, 0.25) is 0 Å². The summed E-state index contributed by atoms with van der Waals surface area (Å²) in [5.74, 6) is 0.282. The number of hydrogen-bond donors (Lipinski definition) is 1. The molecule has 2 aromatic rings. The Balaban J connectivity index is 2.57. The average molecular weight is 306 g/mol. The highest BCUT2D eigenvalue weighted by molar-refractivity contribution is 7.93. The fourth-order valence-electron chi connectivity index (χ4n) is 1.96. The van der Waals surface area contributed by atoms with Crippen molar-refractivity contribution in [2.45, 2.75) is 11.8 Å². The molecule has 2 N–H and O–H groups in total. The van der Waals surface area contributed by atoms with Crippen molar-refractivity contribution in [1.29, 1.82) is 0 Å². The second kappa shape index (κ2) is 5.65. The molecule has 0 aliphatic carbocycles. The topological polar surface area (TPSA) is 72.6 Å². The van der Waals surface area contributed by atoms with Crippen molar-refractivity contribution in [3.8, 4) is 5.75 Å². The summed E-state index contributed by atoms with van der Waals surface area (Å²) >= 11 is 0. The number of rotatable bonds is 4. The Labute approximate surface area is 125 Å². The van der Waals surface area contributed by atoms with E-state index < -0.39 is 10.0 Å². The minimum absolute atomic E-state index is 0.0550. The highest BCUT2D eigenvalue weighted by atomic mass is 32.2. The van der Waals surface area contributed by atoms with E-state index in [0.717, 1.165) is 5.56 Å². The number of hydrogen-bond acceptors (Lipinski definition) is 4. The van der Waals surface area contributed by atoms with Crippen LogP contribution in [-0.2, 0) is 10.0 Å². The van der Waals surface area contributed by atoms with Gasteiger partial charge in [-0.2, -0.15) is 0 Å². The van der Waals surface area contributed by atoms with Crippen molar-refractivity contribution in [1.82, 2.24) is 0 Å². The summed E-state index contributed by atoms with van der Waals surface area (Å²) < 4.78 is 31.9. The first-order valence-corrected chi connectivity index (χ1v) is 7.80. The van der Waals surface area contributed by atoms with E-state index in [1.54, 1.807) is 37.3 Å². The number of benzene rings is 2. The van der Waals surface area contributed by atoms with Crippen LogP contribution in [0.5, 0.6) is 5.75 Å². The second-order valence-electron chi connectivity index (χ2n) is 4.67. The fourth-order valence-corrected chi connectivity index (χ4v) is 3.33. The molecular formula is C15H18N2O3S. The molecule has 0 unspecified atom stereocenters. The summed E-state index contributed by atoms with van der Waals surface area (Å²) in [4.78, 5) is 0.0550. The first-order chi connectivity index (χ1) is 9.87. The molecule has 0 bridgehead atoms. The van der Waals surface area contributed by atoms with Crippen LogP contribution < -0.4 is 14.8 Å². The summed E-state index contributed by atoms with van der Waals surface area (Å²) in [5, 5.41) is 0. The molecule has 0 aromatic heterocycles.